The van der Waals surface area contributed by atoms with E-state index < -0.39 is 12.1 Å². The van der Waals surface area contributed by atoms with E-state index in [1.165, 1.54) is 11.8 Å². The van der Waals surface area contributed by atoms with Crippen LogP contribution in [0.2, 0.25) is 0 Å². The quantitative estimate of drug-likeness (QED) is 0.700. The first kappa shape index (κ1) is 20.1. The number of nitrogens with two attached hydrogens (primary N) is 1. The van der Waals surface area contributed by atoms with Crippen molar-refractivity contribution in [1.29, 1.82) is 0 Å². The summed E-state index contributed by atoms with van der Waals surface area (Å²) in [5, 5.41) is 12.6. The maximum absolute atomic E-state index is 13.1. The van der Waals surface area contributed by atoms with Crippen LogP contribution in [0, 0.1) is 0 Å². The van der Waals surface area contributed by atoms with E-state index >= 15 is 0 Å². The van der Waals surface area contributed by atoms with Gasteiger partial charge >= 0.3 is 6.09 Å². The van der Waals surface area contributed by atoms with Gasteiger partial charge in [0.2, 0.25) is 11.8 Å². The summed E-state index contributed by atoms with van der Waals surface area (Å²) in [6.07, 6.45) is 1.45. The molecule has 0 bridgehead atoms. The average molecular weight is 388 g/mol. The largest absolute Gasteiger partial charge is 0.465 e. The van der Waals surface area contributed by atoms with Crippen LogP contribution < -0.4 is 11.1 Å². The molecule has 3 rings (SSSR count). The van der Waals surface area contributed by atoms with Crippen LogP contribution in [0.4, 0.5) is 4.79 Å². The molecule has 8 heteroatoms. The normalized spacial score (nSPS) is 27.5. The molecule has 1 aliphatic carbocycles. The Bertz CT molecular complexity index is 726. The molecule has 1 aromatic carbocycles. The minimum absolute atomic E-state index is 0.00444. The van der Waals surface area contributed by atoms with Gasteiger partial charge in [0.15, 0.2) is 0 Å². The van der Waals surface area contributed by atoms with E-state index in [4.69, 9.17) is 5.73 Å². The molecule has 4 atom stereocenters. The zero-order chi connectivity index (χ0) is 20.3. The number of benzene rings is 1. The molecule has 0 aromatic heterocycles. The summed E-state index contributed by atoms with van der Waals surface area (Å²) in [4.78, 5) is 39.5. The second kappa shape index (κ2) is 8.60. The molecule has 0 unspecified atom stereocenters. The van der Waals surface area contributed by atoms with Crippen LogP contribution in [0.1, 0.15) is 38.2 Å². The molecule has 4 N–H and O–H groups in total. The molecule has 1 heterocycles. The monoisotopic (exact) mass is 388 g/mol. The van der Waals surface area contributed by atoms with Crippen molar-refractivity contribution < 1.29 is 19.5 Å². The van der Waals surface area contributed by atoms with Gasteiger partial charge in [-0.25, -0.2) is 4.79 Å². The van der Waals surface area contributed by atoms with Crippen molar-refractivity contribution in [2.45, 2.75) is 63.3 Å². The standard InChI is InChI=1S/C20H28N4O4/c1-13(25)22-16-11-15(21)7-8-17(16)23-10-9-18(19(23)26)24(20(27)28)12-14-5-3-2-4-6-14/h2-6,15-18H,7-12,21H2,1H3,(H,22,25)(H,27,28)/t15-,16-,17+,18+/m1/s1. The zero-order valence-corrected chi connectivity index (χ0v) is 16.1. The SMILES string of the molecule is CC(=O)N[C@@H]1C[C@H](N)CC[C@@H]1N1CC[C@H](N(Cc2ccccc2)C(=O)O)C1=O. The van der Waals surface area contributed by atoms with Gasteiger partial charge in [0.1, 0.15) is 6.04 Å². The molecule has 8 nitrogen and oxygen atoms in total. The predicted octanol–water partition coefficient (Wildman–Crippen LogP) is 1.15. The maximum Gasteiger partial charge on any atom is 0.408 e. The van der Waals surface area contributed by atoms with Crippen molar-refractivity contribution in [2.24, 2.45) is 5.73 Å². The number of rotatable bonds is 5. The molecule has 1 saturated heterocycles. The van der Waals surface area contributed by atoms with Gasteiger partial charge in [-0.15, -0.1) is 0 Å². The van der Waals surface area contributed by atoms with E-state index in [0.717, 1.165) is 12.0 Å². The number of carboxylic acid groups (broad SMARTS) is 1. The Hall–Kier alpha value is -2.61. The van der Waals surface area contributed by atoms with E-state index in [0.29, 0.717) is 25.8 Å². The molecule has 1 aromatic rings. The van der Waals surface area contributed by atoms with E-state index in [1.54, 1.807) is 4.90 Å². The third-order valence-corrected chi connectivity index (χ3v) is 5.67. The lowest BCUT2D eigenvalue weighted by molar-refractivity contribution is -0.135. The highest BCUT2D eigenvalue weighted by molar-refractivity contribution is 5.87. The average Bonchev–Trinajstić information content (AvgIpc) is 3.01. The Balaban J connectivity index is 1.74. The molecular formula is C20H28N4O4. The van der Waals surface area contributed by atoms with Crippen molar-refractivity contribution in [2.75, 3.05) is 6.54 Å². The van der Waals surface area contributed by atoms with Gasteiger partial charge in [-0.05, 0) is 31.2 Å². The van der Waals surface area contributed by atoms with Crippen molar-refractivity contribution >= 4 is 17.9 Å². The summed E-state index contributed by atoms with van der Waals surface area (Å²) >= 11 is 0. The Morgan fingerprint density at radius 3 is 2.61 bits per heavy atom. The fraction of sp³-hybridized carbons (Fsp3) is 0.550. The van der Waals surface area contributed by atoms with E-state index in [-0.39, 0.29) is 36.5 Å². The summed E-state index contributed by atoms with van der Waals surface area (Å²) < 4.78 is 0. The summed E-state index contributed by atoms with van der Waals surface area (Å²) in [5.41, 5.74) is 6.90. The highest BCUT2D eigenvalue weighted by atomic mass is 16.4. The first-order chi connectivity index (χ1) is 13.4. The number of hydrogen-bond acceptors (Lipinski definition) is 4. The van der Waals surface area contributed by atoms with Crippen LogP contribution in [0.15, 0.2) is 30.3 Å². The van der Waals surface area contributed by atoms with Gasteiger partial charge in [-0.2, -0.15) is 0 Å². The molecule has 152 valence electrons. The third kappa shape index (κ3) is 4.44. The van der Waals surface area contributed by atoms with Crippen LogP contribution in [0.25, 0.3) is 0 Å². The van der Waals surface area contributed by atoms with Gasteiger partial charge in [0.25, 0.3) is 0 Å². The number of nitrogens with zero attached hydrogens (tertiary/aromatic N) is 2. The first-order valence-electron chi connectivity index (χ1n) is 9.73. The summed E-state index contributed by atoms with van der Waals surface area (Å²) in [7, 11) is 0. The summed E-state index contributed by atoms with van der Waals surface area (Å²) in [6, 6.07) is 8.22. The smallest absolute Gasteiger partial charge is 0.408 e. The predicted molar refractivity (Wildman–Crippen MR) is 103 cm³/mol. The number of carbonyl (C=O) groups is 3. The minimum atomic E-state index is -1.10. The fourth-order valence-electron chi connectivity index (χ4n) is 4.37. The summed E-state index contributed by atoms with van der Waals surface area (Å²) in [5.74, 6) is -0.335. The molecule has 0 radical (unpaired) electrons. The van der Waals surface area contributed by atoms with Gasteiger partial charge in [-0.1, -0.05) is 30.3 Å². The second-order valence-electron chi connectivity index (χ2n) is 7.68. The first-order valence-corrected chi connectivity index (χ1v) is 9.73. The van der Waals surface area contributed by atoms with Crippen molar-refractivity contribution in [3.8, 4) is 0 Å². The lowest BCUT2D eigenvalue weighted by Gasteiger charge is -2.40. The number of carbonyl (C=O) groups excluding carboxylic acids is 2. The fourth-order valence-corrected chi connectivity index (χ4v) is 4.37. The second-order valence-corrected chi connectivity index (χ2v) is 7.68. The van der Waals surface area contributed by atoms with Crippen LogP contribution in [-0.4, -0.2) is 63.5 Å². The van der Waals surface area contributed by atoms with Crippen molar-refractivity contribution in [1.82, 2.24) is 15.1 Å². The lowest BCUT2D eigenvalue weighted by Crippen LogP contribution is -2.57. The third-order valence-electron chi connectivity index (χ3n) is 5.67. The van der Waals surface area contributed by atoms with E-state index in [1.807, 2.05) is 30.3 Å². The van der Waals surface area contributed by atoms with E-state index in [9.17, 15) is 19.5 Å². The molecule has 3 amide bonds. The zero-order valence-electron chi connectivity index (χ0n) is 16.1. The number of nitrogens with one attached hydrogen (secondary N) is 1. The Kier molecular flexibility index (Phi) is 6.18. The molecule has 28 heavy (non-hydrogen) atoms. The number of hydrogen-bond donors (Lipinski definition) is 3. The number of amides is 3. The molecular weight excluding hydrogens is 360 g/mol. The van der Waals surface area contributed by atoms with Crippen molar-refractivity contribution in [3.63, 3.8) is 0 Å². The Labute approximate surface area is 164 Å². The van der Waals surface area contributed by atoms with Crippen molar-refractivity contribution in [3.05, 3.63) is 35.9 Å². The molecule has 1 saturated carbocycles. The van der Waals surface area contributed by atoms with Crippen LogP contribution in [-0.2, 0) is 16.1 Å². The topological polar surface area (TPSA) is 116 Å². The highest BCUT2D eigenvalue weighted by Crippen LogP contribution is 2.29. The van der Waals surface area contributed by atoms with Crippen LogP contribution >= 0.6 is 0 Å². The van der Waals surface area contributed by atoms with E-state index in [2.05, 4.69) is 5.32 Å². The molecule has 2 aliphatic rings. The van der Waals surface area contributed by atoms with Gasteiger partial charge < -0.3 is 21.1 Å². The minimum Gasteiger partial charge on any atom is -0.465 e. The Morgan fingerprint density at radius 1 is 1.25 bits per heavy atom. The summed E-state index contributed by atoms with van der Waals surface area (Å²) in [6.45, 7) is 2.11. The van der Waals surface area contributed by atoms with Gasteiger partial charge in [0, 0.05) is 26.1 Å². The van der Waals surface area contributed by atoms with Gasteiger partial charge in [-0.3, -0.25) is 14.5 Å². The molecule has 1 aliphatic heterocycles. The molecule has 2 fully saturated rings. The van der Waals surface area contributed by atoms with Gasteiger partial charge in [0.05, 0.1) is 12.1 Å². The molecule has 0 spiro atoms. The van der Waals surface area contributed by atoms with Crippen LogP contribution in [0.5, 0.6) is 0 Å². The van der Waals surface area contributed by atoms with Crippen LogP contribution in [0.3, 0.4) is 0 Å². The maximum atomic E-state index is 13.1. The number of likely N-dealkylation sites (tertiary alicyclic amines) is 1. The lowest BCUT2D eigenvalue weighted by atomic mass is 9.86. The highest BCUT2D eigenvalue weighted by Gasteiger charge is 2.44. The Morgan fingerprint density at radius 2 is 1.96 bits per heavy atom.